The highest BCUT2D eigenvalue weighted by molar-refractivity contribution is 7.87. The summed E-state index contributed by atoms with van der Waals surface area (Å²) in [6.45, 7) is 0. The predicted octanol–water partition coefficient (Wildman–Crippen LogP) is 4.40. The fraction of sp³-hybridized carbons (Fsp3) is 0. The summed E-state index contributed by atoms with van der Waals surface area (Å²) in [5, 5.41) is 0. The molecule has 0 fully saturated rings. The van der Waals surface area contributed by atoms with Crippen LogP contribution in [0.2, 0.25) is 0 Å². The standard InChI is InChI=1S/C19H12FNO4S/c20-13-9-11-14(12-10-13)26(22,23)25-17-7-3-1-5-15(17)19-21-16-6-2-4-8-18(16)24-19/h1-12H. The van der Waals surface area contributed by atoms with E-state index in [1.54, 1.807) is 30.3 Å². The van der Waals surface area contributed by atoms with Crippen molar-refractivity contribution in [2.75, 3.05) is 0 Å². The number of benzene rings is 3. The van der Waals surface area contributed by atoms with Crippen molar-refractivity contribution < 1.29 is 21.4 Å². The minimum Gasteiger partial charge on any atom is -0.436 e. The predicted molar refractivity (Wildman–Crippen MR) is 93.7 cm³/mol. The van der Waals surface area contributed by atoms with E-state index in [1.807, 2.05) is 12.1 Å². The van der Waals surface area contributed by atoms with Gasteiger partial charge in [0.05, 0.1) is 5.56 Å². The molecule has 0 saturated carbocycles. The molecule has 0 aliphatic heterocycles. The van der Waals surface area contributed by atoms with Gasteiger partial charge in [0.15, 0.2) is 11.3 Å². The number of hydrogen-bond acceptors (Lipinski definition) is 5. The second kappa shape index (κ2) is 6.27. The molecule has 0 N–H and O–H groups in total. The van der Waals surface area contributed by atoms with Crippen LogP contribution in [-0.2, 0) is 10.1 Å². The van der Waals surface area contributed by atoms with E-state index in [4.69, 9.17) is 8.60 Å². The SMILES string of the molecule is O=S(=O)(Oc1ccccc1-c1nc2ccccc2o1)c1ccc(F)cc1. The Balaban J connectivity index is 1.75. The maximum atomic E-state index is 13.0. The Morgan fingerprint density at radius 1 is 0.885 bits per heavy atom. The summed E-state index contributed by atoms with van der Waals surface area (Å²) >= 11 is 0. The number of fused-ring (bicyclic) bond motifs is 1. The Morgan fingerprint density at radius 2 is 1.58 bits per heavy atom. The number of hydrogen-bond donors (Lipinski definition) is 0. The Kier molecular flexibility index (Phi) is 3.93. The van der Waals surface area contributed by atoms with Gasteiger partial charge < -0.3 is 8.60 Å². The van der Waals surface area contributed by atoms with Crippen LogP contribution < -0.4 is 4.18 Å². The van der Waals surface area contributed by atoms with Crippen LogP contribution in [-0.4, -0.2) is 13.4 Å². The smallest absolute Gasteiger partial charge is 0.339 e. The van der Waals surface area contributed by atoms with E-state index in [0.717, 1.165) is 24.3 Å². The molecule has 1 heterocycles. The second-order valence-electron chi connectivity index (χ2n) is 5.47. The molecule has 0 spiro atoms. The van der Waals surface area contributed by atoms with Crippen molar-refractivity contribution in [2.24, 2.45) is 0 Å². The summed E-state index contributed by atoms with van der Waals surface area (Å²) in [4.78, 5) is 4.22. The van der Waals surface area contributed by atoms with Crippen molar-refractivity contribution in [1.29, 1.82) is 0 Å². The molecule has 0 amide bonds. The van der Waals surface area contributed by atoms with Gasteiger partial charge in [-0.15, -0.1) is 0 Å². The molecule has 7 heteroatoms. The second-order valence-corrected chi connectivity index (χ2v) is 7.02. The van der Waals surface area contributed by atoms with E-state index >= 15 is 0 Å². The fourth-order valence-corrected chi connectivity index (χ4v) is 3.42. The quantitative estimate of drug-likeness (QED) is 0.499. The number of para-hydroxylation sites is 3. The molecule has 4 rings (SSSR count). The number of halogens is 1. The highest BCUT2D eigenvalue weighted by atomic mass is 32.2. The van der Waals surface area contributed by atoms with Crippen LogP contribution in [0, 0.1) is 5.82 Å². The minimum atomic E-state index is -4.13. The Morgan fingerprint density at radius 3 is 2.35 bits per heavy atom. The molecule has 0 aliphatic rings. The lowest BCUT2D eigenvalue weighted by Crippen LogP contribution is -2.10. The molecular weight excluding hydrogens is 357 g/mol. The highest BCUT2D eigenvalue weighted by Gasteiger charge is 2.21. The first-order valence-corrected chi connectivity index (χ1v) is 9.09. The molecule has 0 unspecified atom stereocenters. The van der Waals surface area contributed by atoms with E-state index in [-0.39, 0.29) is 16.5 Å². The first-order valence-electron chi connectivity index (χ1n) is 7.68. The zero-order chi connectivity index (χ0) is 18.1. The average molecular weight is 369 g/mol. The zero-order valence-corrected chi connectivity index (χ0v) is 14.1. The highest BCUT2D eigenvalue weighted by Crippen LogP contribution is 2.33. The van der Waals surface area contributed by atoms with E-state index in [2.05, 4.69) is 4.98 Å². The first kappa shape index (κ1) is 16.3. The summed E-state index contributed by atoms with van der Waals surface area (Å²) in [6, 6.07) is 18.1. The van der Waals surface area contributed by atoms with Crippen molar-refractivity contribution in [3.8, 4) is 17.2 Å². The normalized spacial score (nSPS) is 11.6. The van der Waals surface area contributed by atoms with Crippen LogP contribution in [0.15, 0.2) is 82.1 Å². The van der Waals surface area contributed by atoms with Gasteiger partial charge >= 0.3 is 10.1 Å². The summed E-state index contributed by atoms with van der Waals surface area (Å²) in [6.07, 6.45) is 0. The van der Waals surface area contributed by atoms with Gasteiger partial charge in [0, 0.05) is 0 Å². The van der Waals surface area contributed by atoms with Gasteiger partial charge in [0.1, 0.15) is 16.2 Å². The van der Waals surface area contributed by atoms with Crippen molar-refractivity contribution in [3.05, 3.63) is 78.6 Å². The monoisotopic (exact) mass is 369 g/mol. The summed E-state index contributed by atoms with van der Waals surface area (Å²) in [7, 11) is -4.13. The summed E-state index contributed by atoms with van der Waals surface area (Å²) in [5.74, 6) is -0.213. The van der Waals surface area contributed by atoms with E-state index in [9.17, 15) is 12.8 Å². The molecule has 130 valence electrons. The Bertz CT molecular complexity index is 1150. The Hall–Kier alpha value is -3.19. The third kappa shape index (κ3) is 3.04. The molecule has 0 bridgehead atoms. The molecule has 0 saturated heterocycles. The fourth-order valence-electron chi connectivity index (χ4n) is 2.47. The maximum absolute atomic E-state index is 13.0. The molecule has 1 aromatic heterocycles. The number of oxazole rings is 1. The van der Waals surface area contributed by atoms with Gasteiger partial charge in [-0.1, -0.05) is 24.3 Å². The van der Waals surface area contributed by atoms with Gasteiger partial charge in [-0.05, 0) is 48.5 Å². The Labute approximate surface area is 148 Å². The van der Waals surface area contributed by atoms with Crippen LogP contribution in [0.25, 0.3) is 22.6 Å². The van der Waals surface area contributed by atoms with E-state index in [0.29, 0.717) is 16.7 Å². The summed E-state index contributed by atoms with van der Waals surface area (Å²) in [5.41, 5.74) is 1.63. The van der Waals surface area contributed by atoms with Crippen LogP contribution in [0.4, 0.5) is 4.39 Å². The number of nitrogens with zero attached hydrogens (tertiary/aromatic N) is 1. The molecule has 4 aromatic rings. The lowest BCUT2D eigenvalue weighted by molar-refractivity contribution is 0.485. The average Bonchev–Trinajstić information content (AvgIpc) is 3.06. The zero-order valence-electron chi connectivity index (χ0n) is 13.3. The topological polar surface area (TPSA) is 69.4 Å². The van der Waals surface area contributed by atoms with Gasteiger partial charge in [0.2, 0.25) is 5.89 Å². The number of rotatable bonds is 4. The molecular formula is C19H12FNO4S. The van der Waals surface area contributed by atoms with Crippen LogP contribution in [0.1, 0.15) is 0 Å². The maximum Gasteiger partial charge on any atom is 0.339 e. The third-order valence-electron chi connectivity index (χ3n) is 3.71. The van der Waals surface area contributed by atoms with Crippen LogP contribution in [0.5, 0.6) is 5.75 Å². The number of aromatic nitrogens is 1. The van der Waals surface area contributed by atoms with Crippen molar-refractivity contribution in [3.63, 3.8) is 0 Å². The van der Waals surface area contributed by atoms with Crippen molar-refractivity contribution >= 4 is 21.2 Å². The first-order chi connectivity index (χ1) is 12.5. The molecule has 0 aliphatic carbocycles. The van der Waals surface area contributed by atoms with Crippen molar-refractivity contribution in [1.82, 2.24) is 4.98 Å². The molecule has 0 radical (unpaired) electrons. The lowest BCUT2D eigenvalue weighted by Gasteiger charge is -2.09. The van der Waals surface area contributed by atoms with E-state index in [1.165, 1.54) is 6.07 Å². The van der Waals surface area contributed by atoms with Crippen LogP contribution in [0.3, 0.4) is 0 Å². The van der Waals surface area contributed by atoms with Gasteiger partial charge in [-0.25, -0.2) is 9.37 Å². The molecule has 3 aromatic carbocycles. The van der Waals surface area contributed by atoms with Gasteiger partial charge in [-0.3, -0.25) is 0 Å². The lowest BCUT2D eigenvalue weighted by atomic mass is 10.2. The summed E-state index contributed by atoms with van der Waals surface area (Å²) < 4.78 is 48.9. The van der Waals surface area contributed by atoms with Gasteiger partial charge in [0.25, 0.3) is 0 Å². The third-order valence-corrected chi connectivity index (χ3v) is 4.96. The molecule has 0 atom stereocenters. The molecule has 26 heavy (non-hydrogen) atoms. The molecule has 5 nitrogen and oxygen atoms in total. The van der Waals surface area contributed by atoms with E-state index < -0.39 is 15.9 Å². The minimum absolute atomic E-state index is 0.0726. The van der Waals surface area contributed by atoms with Crippen LogP contribution >= 0.6 is 0 Å². The largest absolute Gasteiger partial charge is 0.436 e. The van der Waals surface area contributed by atoms with Crippen molar-refractivity contribution in [2.45, 2.75) is 4.90 Å². The van der Waals surface area contributed by atoms with Gasteiger partial charge in [-0.2, -0.15) is 8.42 Å².